The zero-order valence-electron chi connectivity index (χ0n) is 14.1. The Morgan fingerprint density at radius 3 is 2.57 bits per heavy atom. The molecule has 1 heterocycles. The van der Waals surface area contributed by atoms with Gasteiger partial charge in [-0.25, -0.2) is 0 Å². The van der Waals surface area contributed by atoms with E-state index in [9.17, 15) is 4.79 Å². The van der Waals surface area contributed by atoms with E-state index in [1.807, 2.05) is 26.0 Å². The van der Waals surface area contributed by atoms with E-state index in [0.717, 1.165) is 23.4 Å². The Kier molecular flexibility index (Phi) is 6.29. The number of rotatable bonds is 8. The van der Waals surface area contributed by atoms with Gasteiger partial charge in [0.25, 0.3) is 11.8 Å². The number of hydrogen-bond donors (Lipinski definition) is 2. The number of carbonyl (C=O) groups is 1. The fourth-order valence-electron chi connectivity index (χ4n) is 2.35. The van der Waals surface area contributed by atoms with Crippen molar-refractivity contribution in [3.05, 3.63) is 35.7 Å². The molecule has 0 fully saturated rings. The molecule has 2 aromatic rings. The van der Waals surface area contributed by atoms with Crippen LogP contribution in [0.2, 0.25) is 0 Å². The average molecular weight is 317 g/mol. The molecule has 2 rings (SSSR count). The van der Waals surface area contributed by atoms with Crippen molar-refractivity contribution in [3.63, 3.8) is 0 Å². The predicted molar refractivity (Wildman–Crippen MR) is 87.9 cm³/mol. The van der Waals surface area contributed by atoms with Crippen LogP contribution < -0.4 is 10.2 Å². The maximum atomic E-state index is 11.7. The zero-order valence-corrected chi connectivity index (χ0v) is 14.1. The summed E-state index contributed by atoms with van der Waals surface area (Å²) >= 11 is 0. The highest BCUT2D eigenvalue weighted by Gasteiger charge is 2.17. The summed E-state index contributed by atoms with van der Waals surface area (Å²) in [7, 11) is 0. The minimum atomic E-state index is 0.0410. The number of aryl methyl sites for hydroxylation is 1. The number of benzene rings is 1. The number of carbonyl (C=O) groups excluding carboxylic acids is 1. The van der Waals surface area contributed by atoms with Gasteiger partial charge < -0.3 is 14.7 Å². The molecular weight excluding hydrogens is 292 g/mol. The summed E-state index contributed by atoms with van der Waals surface area (Å²) in [5.41, 5.74) is 2.22. The van der Waals surface area contributed by atoms with Gasteiger partial charge in [0.1, 0.15) is 0 Å². The molecule has 0 bridgehead atoms. The number of nitrogens with one attached hydrogen (secondary N) is 2. The van der Waals surface area contributed by atoms with Crippen molar-refractivity contribution in [2.24, 2.45) is 0 Å². The highest BCUT2D eigenvalue weighted by molar-refractivity contribution is 5.76. The molecule has 6 nitrogen and oxygen atoms in total. The van der Waals surface area contributed by atoms with E-state index in [-0.39, 0.29) is 5.91 Å². The van der Waals surface area contributed by atoms with Gasteiger partial charge in [-0.05, 0) is 25.8 Å². The van der Waals surface area contributed by atoms with Crippen molar-refractivity contribution in [3.8, 4) is 11.4 Å². The predicted octanol–water partition coefficient (Wildman–Crippen LogP) is 0.840. The Labute approximate surface area is 136 Å². The fraction of sp³-hybridized carbons (Fsp3) is 0.471. The molecule has 1 atom stereocenters. The summed E-state index contributed by atoms with van der Waals surface area (Å²) in [5, 5.41) is 6.86. The summed E-state index contributed by atoms with van der Waals surface area (Å²) in [4.78, 5) is 17.2. The molecule has 1 aromatic heterocycles. The van der Waals surface area contributed by atoms with Crippen molar-refractivity contribution < 1.29 is 14.2 Å². The van der Waals surface area contributed by atoms with Crippen LogP contribution in [0.3, 0.4) is 0 Å². The quantitative estimate of drug-likeness (QED) is 0.757. The summed E-state index contributed by atoms with van der Waals surface area (Å²) < 4.78 is 5.34. The van der Waals surface area contributed by atoms with Crippen molar-refractivity contribution in [1.29, 1.82) is 0 Å². The Bertz CT molecular complexity index is 622. The second-order valence-corrected chi connectivity index (χ2v) is 5.47. The molecule has 2 N–H and O–H groups in total. The lowest BCUT2D eigenvalue weighted by atomic mass is 10.1. The summed E-state index contributed by atoms with van der Waals surface area (Å²) in [6, 6.07) is 8.16. The van der Waals surface area contributed by atoms with Gasteiger partial charge >= 0.3 is 0 Å². The first-order chi connectivity index (χ1) is 11.2. The van der Waals surface area contributed by atoms with Crippen LogP contribution in [0.5, 0.6) is 0 Å². The maximum Gasteiger partial charge on any atom is 0.282 e. The van der Waals surface area contributed by atoms with E-state index in [1.165, 1.54) is 5.56 Å². The van der Waals surface area contributed by atoms with Crippen molar-refractivity contribution in [1.82, 2.24) is 15.5 Å². The van der Waals surface area contributed by atoms with Gasteiger partial charge in [-0.3, -0.25) is 4.79 Å². The highest BCUT2D eigenvalue weighted by Crippen LogP contribution is 2.16. The van der Waals surface area contributed by atoms with Crippen molar-refractivity contribution in [2.45, 2.75) is 33.7 Å². The van der Waals surface area contributed by atoms with Gasteiger partial charge in [-0.15, -0.1) is 0 Å². The lowest BCUT2D eigenvalue weighted by Gasteiger charge is -2.14. The van der Waals surface area contributed by atoms with Crippen LogP contribution in [0, 0.1) is 0 Å². The third-order valence-electron chi connectivity index (χ3n) is 3.77. The topological polar surface area (TPSA) is 72.5 Å². The number of aromatic nitrogens is 2. The van der Waals surface area contributed by atoms with E-state index >= 15 is 0 Å². The Morgan fingerprint density at radius 2 is 1.96 bits per heavy atom. The van der Waals surface area contributed by atoms with Gasteiger partial charge in [0.15, 0.2) is 13.1 Å². The van der Waals surface area contributed by atoms with Gasteiger partial charge in [-0.1, -0.05) is 36.3 Å². The van der Waals surface area contributed by atoms with Gasteiger partial charge in [0, 0.05) is 12.1 Å². The van der Waals surface area contributed by atoms with Crippen molar-refractivity contribution >= 4 is 5.91 Å². The van der Waals surface area contributed by atoms with Crippen LogP contribution in [0.4, 0.5) is 0 Å². The number of hydrogen-bond acceptors (Lipinski definition) is 4. The summed E-state index contributed by atoms with van der Waals surface area (Å²) in [6.45, 7) is 8.50. The van der Waals surface area contributed by atoms with Crippen LogP contribution in [0.15, 0.2) is 28.8 Å². The number of amides is 1. The zero-order chi connectivity index (χ0) is 16.7. The van der Waals surface area contributed by atoms with E-state index in [1.54, 1.807) is 0 Å². The molecular formula is C17H25N4O2+. The molecule has 1 unspecified atom stereocenters. The first-order valence-electron chi connectivity index (χ1n) is 8.18. The molecule has 0 aliphatic heterocycles. The molecule has 0 aliphatic rings. The molecule has 124 valence electrons. The SMILES string of the molecule is CCNC(=O)C[NH+](CC)Cc1nc(-c2ccc(CC)cc2)no1. The van der Waals surface area contributed by atoms with E-state index < -0.39 is 0 Å². The Hall–Kier alpha value is -2.21. The van der Waals surface area contributed by atoms with E-state index in [0.29, 0.717) is 31.3 Å². The van der Waals surface area contributed by atoms with Crippen LogP contribution in [0.25, 0.3) is 11.4 Å². The van der Waals surface area contributed by atoms with Crippen LogP contribution in [-0.2, 0) is 17.8 Å². The molecule has 1 aromatic carbocycles. The number of nitrogens with zero attached hydrogens (tertiary/aromatic N) is 2. The second-order valence-electron chi connectivity index (χ2n) is 5.47. The minimum absolute atomic E-state index is 0.0410. The Balaban J connectivity index is 2.01. The van der Waals surface area contributed by atoms with Crippen LogP contribution in [-0.4, -0.2) is 35.7 Å². The number of quaternary nitrogens is 1. The summed E-state index contributed by atoms with van der Waals surface area (Å²) in [5.74, 6) is 1.19. The van der Waals surface area contributed by atoms with Gasteiger partial charge in [0.2, 0.25) is 5.82 Å². The molecule has 0 radical (unpaired) electrons. The maximum absolute atomic E-state index is 11.7. The summed E-state index contributed by atoms with van der Waals surface area (Å²) in [6.07, 6.45) is 1.01. The number of likely N-dealkylation sites (N-methyl/N-ethyl adjacent to an activating group) is 2. The average Bonchev–Trinajstić information content (AvgIpc) is 3.03. The first kappa shape index (κ1) is 17.1. The fourth-order valence-corrected chi connectivity index (χ4v) is 2.35. The lowest BCUT2D eigenvalue weighted by Crippen LogP contribution is -3.11. The molecule has 0 saturated heterocycles. The van der Waals surface area contributed by atoms with Gasteiger partial charge in [-0.2, -0.15) is 4.98 Å². The molecule has 1 amide bonds. The molecule has 0 spiro atoms. The monoisotopic (exact) mass is 317 g/mol. The van der Waals surface area contributed by atoms with Gasteiger partial charge in [0.05, 0.1) is 6.54 Å². The smallest absolute Gasteiger partial charge is 0.282 e. The van der Waals surface area contributed by atoms with E-state index in [4.69, 9.17) is 4.52 Å². The molecule has 23 heavy (non-hydrogen) atoms. The van der Waals surface area contributed by atoms with E-state index in [2.05, 4.69) is 34.5 Å². The normalized spacial score (nSPS) is 12.1. The largest absolute Gasteiger partial charge is 0.351 e. The minimum Gasteiger partial charge on any atom is -0.351 e. The lowest BCUT2D eigenvalue weighted by molar-refractivity contribution is -0.905. The third kappa shape index (κ3) is 4.89. The standard InChI is InChI=1S/C17H24N4O2/c1-4-13-7-9-14(10-8-13)17-19-16(23-20-17)12-21(6-3)11-15(22)18-5-2/h7-10H,4-6,11-12H2,1-3H3,(H,18,22)/p+1. The molecule has 6 heteroatoms. The Morgan fingerprint density at radius 1 is 1.22 bits per heavy atom. The van der Waals surface area contributed by atoms with Crippen LogP contribution in [0.1, 0.15) is 32.2 Å². The highest BCUT2D eigenvalue weighted by atomic mass is 16.5. The second kappa shape index (κ2) is 8.43. The van der Waals surface area contributed by atoms with Crippen LogP contribution >= 0.6 is 0 Å². The van der Waals surface area contributed by atoms with Crippen molar-refractivity contribution in [2.75, 3.05) is 19.6 Å². The first-order valence-corrected chi connectivity index (χ1v) is 8.18. The molecule has 0 saturated carbocycles. The third-order valence-corrected chi connectivity index (χ3v) is 3.77. The molecule has 0 aliphatic carbocycles.